The number of carbonyl (C=O) groups excluding carboxylic acids is 1. The van der Waals surface area contributed by atoms with Crippen molar-refractivity contribution < 1.29 is 9.90 Å². The van der Waals surface area contributed by atoms with Crippen LogP contribution in [0.5, 0.6) is 0 Å². The summed E-state index contributed by atoms with van der Waals surface area (Å²) in [6.07, 6.45) is 3.81. The molecule has 1 saturated carbocycles. The summed E-state index contributed by atoms with van der Waals surface area (Å²) >= 11 is 0. The number of amides is 1. The van der Waals surface area contributed by atoms with Crippen molar-refractivity contribution in [2.24, 2.45) is 11.7 Å². The largest absolute Gasteiger partial charge is 0.393 e. The third-order valence-corrected chi connectivity index (χ3v) is 2.93. The second-order valence-electron chi connectivity index (χ2n) is 4.65. The maximum Gasteiger partial charge on any atom is 0.220 e. The molecule has 1 aliphatic carbocycles. The Hall–Kier alpha value is -0.610. The lowest BCUT2D eigenvalue weighted by atomic mass is 10.1. The van der Waals surface area contributed by atoms with Crippen molar-refractivity contribution >= 4 is 5.91 Å². The molecule has 0 aromatic rings. The van der Waals surface area contributed by atoms with E-state index in [2.05, 4.69) is 5.32 Å². The lowest BCUT2D eigenvalue weighted by Crippen LogP contribution is -2.29. The second kappa shape index (κ2) is 6.08. The van der Waals surface area contributed by atoms with E-state index in [1.54, 1.807) is 0 Å². The van der Waals surface area contributed by atoms with Crippen LogP contribution >= 0.6 is 0 Å². The maximum absolute atomic E-state index is 11.4. The molecule has 1 fully saturated rings. The zero-order chi connectivity index (χ0) is 11.3. The van der Waals surface area contributed by atoms with Crippen LogP contribution in [0.4, 0.5) is 0 Å². The number of rotatable bonds is 5. The second-order valence-corrected chi connectivity index (χ2v) is 4.65. The first kappa shape index (κ1) is 12.5. The van der Waals surface area contributed by atoms with E-state index in [1.165, 1.54) is 0 Å². The first-order chi connectivity index (χ1) is 7.08. The van der Waals surface area contributed by atoms with Crippen molar-refractivity contribution in [3.8, 4) is 0 Å². The van der Waals surface area contributed by atoms with Crippen molar-refractivity contribution in [1.29, 1.82) is 0 Å². The highest BCUT2D eigenvalue weighted by Gasteiger charge is 2.22. The summed E-state index contributed by atoms with van der Waals surface area (Å²) in [5, 5.41) is 12.2. The smallest absolute Gasteiger partial charge is 0.220 e. The topological polar surface area (TPSA) is 75.4 Å². The predicted octanol–water partition coefficient (Wildman–Crippen LogP) is 0.391. The Labute approximate surface area is 91.2 Å². The van der Waals surface area contributed by atoms with Gasteiger partial charge < -0.3 is 16.2 Å². The van der Waals surface area contributed by atoms with Crippen LogP contribution in [0.15, 0.2) is 0 Å². The standard InChI is InChI=1S/C11H22N2O2/c1-8(12)2-5-11(15)13-7-9-3-4-10(14)6-9/h8-10,14H,2-7,12H2,1H3,(H,13,15). The molecule has 0 saturated heterocycles. The molecule has 1 amide bonds. The molecule has 0 heterocycles. The van der Waals surface area contributed by atoms with Crippen LogP contribution in [-0.4, -0.2) is 29.7 Å². The van der Waals surface area contributed by atoms with Crippen molar-refractivity contribution in [1.82, 2.24) is 5.32 Å². The molecule has 0 bridgehead atoms. The number of nitrogens with two attached hydrogens (primary N) is 1. The van der Waals surface area contributed by atoms with Gasteiger partial charge in [-0.05, 0) is 38.5 Å². The molecule has 4 nitrogen and oxygen atoms in total. The molecule has 15 heavy (non-hydrogen) atoms. The van der Waals surface area contributed by atoms with E-state index in [-0.39, 0.29) is 18.1 Å². The van der Waals surface area contributed by atoms with Gasteiger partial charge in [0.05, 0.1) is 6.10 Å². The van der Waals surface area contributed by atoms with Gasteiger partial charge in [0.25, 0.3) is 0 Å². The lowest BCUT2D eigenvalue weighted by Gasteiger charge is -2.11. The van der Waals surface area contributed by atoms with Crippen LogP contribution in [0, 0.1) is 5.92 Å². The molecule has 3 unspecified atom stereocenters. The molecule has 1 rings (SSSR count). The molecule has 1 aliphatic rings. The highest BCUT2D eigenvalue weighted by molar-refractivity contribution is 5.75. The van der Waals surface area contributed by atoms with E-state index in [1.807, 2.05) is 6.92 Å². The monoisotopic (exact) mass is 214 g/mol. The Morgan fingerprint density at radius 3 is 2.87 bits per heavy atom. The first-order valence-electron chi connectivity index (χ1n) is 5.78. The molecule has 0 aromatic heterocycles. The number of hydrogen-bond donors (Lipinski definition) is 3. The molecule has 0 aliphatic heterocycles. The van der Waals surface area contributed by atoms with E-state index < -0.39 is 0 Å². The predicted molar refractivity (Wildman–Crippen MR) is 59.2 cm³/mol. The van der Waals surface area contributed by atoms with Gasteiger partial charge in [0, 0.05) is 19.0 Å². The summed E-state index contributed by atoms with van der Waals surface area (Å²) in [6, 6.07) is 0.0871. The fourth-order valence-corrected chi connectivity index (χ4v) is 1.94. The number of nitrogens with one attached hydrogen (secondary N) is 1. The first-order valence-corrected chi connectivity index (χ1v) is 5.78. The van der Waals surface area contributed by atoms with Crippen molar-refractivity contribution in [3.05, 3.63) is 0 Å². The lowest BCUT2D eigenvalue weighted by molar-refractivity contribution is -0.121. The number of hydrogen-bond acceptors (Lipinski definition) is 3. The summed E-state index contributed by atoms with van der Waals surface area (Å²) in [5.74, 6) is 0.535. The minimum absolute atomic E-state index is 0.0775. The fourth-order valence-electron chi connectivity index (χ4n) is 1.94. The van der Waals surface area contributed by atoms with Crippen LogP contribution in [-0.2, 0) is 4.79 Å². The van der Waals surface area contributed by atoms with Gasteiger partial charge in [0.15, 0.2) is 0 Å². The Morgan fingerprint density at radius 2 is 2.33 bits per heavy atom. The van der Waals surface area contributed by atoms with E-state index in [4.69, 9.17) is 5.73 Å². The highest BCUT2D eigenvalue weighted by atomic mass is 16.3. The minimum atomic E-state index is -0.157. The molecule has 0 spiro atoms. The Morgan fingerprint density at radius 1 is 1.60 bits per heavy atom. The minimum Gasteiger partial charge on any atom is -0.393 e. The zero-order valence-electron chi connectivity index (χ0n) is 9.41. The Bertz CT molecular complexity index is 207. The molecule has 3 atom stereocenters. The zero-order valence-corrected chi connectivity index (χ0v) is 9.41. The van der Waals surface area contributed by atoms with Crippen LogP contribution in [0.3, 0.4) is 0 Å². The van der Waals surface area contributed by atoms with E-state index in [9.17, 15) is 9.90 Å². The van der Waals surface area contributed by atoms with E-state index in [0.717, 1.165) is 25.7 Å². The van der Waals surface area contributed by atoms with Crippen LogP contribution < -0.4 is 11.1 Å². The average Bonchev–Trinajstić information content (AvgIpc) is 2.58. The third kappa shape index (κ3) is 5.14. The normalized spacial score (nSPS) is 27.7. The van der Waals surface area contributed by atoms with Crippen LogP contribution in [0.2, 0.25) is 0 Å². The van der Waals surface area contributed by atoms with Crippen LogP contribution in [0.25, 0.3) is 0 Å². The Kier molecular flexibility index (Phi) is 5.05. The molecule has 0 aromatic carbocycles. The van der Waals surface area contributed by atoms with Gasteiger partial charge in [-0.1, -0.05) is 0 Å². The molecular weight excluding hydrogens is 192 g/mol. The van der Waals surface area contributed by atoms with E-state index in [0.29, 0.717) is 18.9 Å². The maximum atomic E-state index is 11.4. The van der Waals surface area contributed by atoms with E-state index >= 15 is 0 Å². The van der Waals surface area contributed by atoms with Gasteiger partial charge in [0.1, 0.15) is 0 Å². The van der Waals surface area contributed by atoms with Gasteiger partial charge in [-0.25, -0.2) is 0 Å². The summed E-state index contributed by atoms with van der Waals surface area (Å²) in [4.78, 5) is 11.4. The summed E-state index contributed by atoms with van der Waals surface area (Å²) in [7, 11) is 0. The summed E-state index contributed by atoms with van der Waals surface area (Å²) < 4.78 is 0. The third-order valence-electron chi connectivity index (χ3n) is 2.93. The van der Waals surface area contributed by atoms with Gasteiger partial charge in [0.2, 0.25) is 5.91 Å². The van der Waals surface area contributed by atoms with Gasteiger partial charge in [-0.15, -0.1) is 0 Å². The molecule has 4 N–H and O–H groups in total. The van der Waals surface area contributed by atoms with Crippen molar-refractivity contribution in [2.75, 3.05) is 6.54 Å². The number of carbonyl (C=O) groups is 1. The molecular formula is C11H22N2O2. The quantitative estimate of drug-likeness (QED) is 0.619. The highest BCUT2D eigenvalue weighted by Crippen LogP contribution is 2.24. The summed E-state index contributed by atoms with van der Waals surface area (Å²) in [6.45, 7) is 2.61. The molecule has 0 radical (unpaired) electrons. The van der Waals surface area contributed by atoms with Crippen molar-refractivity contribution in [3.63, 3.8) is 0 Å². The van der Waals surface area contributed by atoms with Crippen LogP contribution in [0.1, 0.15) is 39.0 Å². The van der Waals surface area contributed by atoms with Crippen molar-refractivity contribution in [2.45, 2.75) is 51.2 Å². The van der Waals surface area contributed by atoms with Gasteiger partial charge in [-0.3, -0.25) is 4.79 Å². The number of aliphatic hydroxyl groups excluding tert-OH is 1. The SMILES string of the molecule is CC(N)CCC(=O)NCC1CCC(O)C1. The van der Waals surface area contributed by atoms with Gasteiger partial charge in [-0.2, -0.15) is 0 Å². The summed E-state index contributed by atoms with van der Waals surface area (Å²) in [5.41, 5.74) is 5.56. The Balaban J connectivity index is 2.06. The number of aliphatic hydroxyl groups is 1. The fraction of sp³-hybridized carbons (Fsp3) is 0.909. The average molecular weight is 214 g/mol. The molecule has 4 heteroatoms. The molecule has 88 valence electrons. The van der Waals surface area contributed by atoms with Gasteiger partial charge >= 0.3 is 0 Å².